The smallest absolute Gasteiger partial charge is 0.324 e. The van der Waals surface area contributed by atoms with Crippen LogP contribution in [0.25, 0.3) is 22.2 Å². The zero-order valence-electron chi connectivity index (χ0n) is 14.7. The topological polar surface area (TPSA) is 63.6 Å². The molecule has 4 aromatic rings. The summed E-state index contributed by atoms with van der Waals surface area (Å²) in [6.07, 6.45) is -0.0753. The molecule has 0 bridgehead atoms. The Morgan fingerprint density at radius 1 is 0.929 bits per heavy atom. The molecule has 0 aliphatic rings. The first-order chi connectivity index (χ1) is 13.4. The monoisotopic (exact) mass is 381 g/mol. The zero-order chi connectivity index (χ0) is 19.7. The number of aromatic nitrogens is 4. The van der Waals surface area contributed by atoms with Gasteiger partial charge in [-0.3, -0.25) is 4.98 Å². The number of alkyl halides is 3. The molecule has 1 aromatic carbocycles. The minimum Gasteiger partial charge on any atom is -0.324 e. The lowest BCUT2D eigenvalue weighted by Crippen LogP contribution is -2.08. The van der Waals surface area contributed by atoms with Crippen LogP contribution in [0.5, 0.6) is 0 Å². The van der Waals surface area contributed by atoms with Crippen molar-refractivity contribution < 1.29 is 13.2 Å². The second-order valence-electron chi connectivity index (χ2n) is 6.20. The number of pyridine rings is 2. The molecule has 8 heteroatoms. The molecule has 0 radical (unpaired) electrons. The van der Waals surface area contributed by atoms with Crippen molar-refractivity contribution >= 4 is 22.5 Å². The van der Waals surface area contributed by atoms with Crippen molar-refractivity contribution in [3.8, 4) is 11.3 Å². The van der Waals surface area contributed by atoms with Gasteiger partial charge in [0.15, 0.2) is 0 Å². The average Bonchev–Trinajstić information content (AvgIpc) is 2.69. The standard InChI is InChI=1S/C20H14F3N5/c1-12-4-7-17(25-10-12)28-19-14-6-5-13(9-16(14)26-11-27-19)18-15(20(21,22)23)3-2-8-24-18/h2-11H,1H3,(H,25,26,27,28). The molecule has 0 amide bonds. The third kappa shape index (κ3) is 3.48. The molecule has 5 nitrogen and oxygen atoms in total. The van der Waals surface area contributed by atoms with Gasteiger partial charge in [-0.1, -0.05) is 12.1 Å². The van der Waals surface area contributed by atoms with Crippen LogP contribution in [0, 0.1) is 6.92 Å². The Hall–Kier alpha value is -3.55. The fourth-order valence-corrected chi connectivity index (χ4v) is 2.83. The van der Waals surface area contributed by atoms with Crippen LogP contribution < -0.4 is 5.32 Å². The highest BCUT2D eigenvalue weighted by Crippen LogP contribution is 2.36. The van der Waals surface area contributed by atoms with E-state index < -0.39 is 11.7 Å². The molecule has 0 fully saturated rings. The van der Waals surface area contributed by atoms with E-state index in [1.165, 1.54) is 18.6 Å². The Bertz CT molecular complexity index is 1140. The molecular formula is C20H14F3N5. The van der Waals surface area contributed by atoms with Crippen molar-refractivity contribution in [3.05, 3.63) is 72.3 Å². The highest BCUT2D eigenvalue weighted by molar-refractivity contribution is 5.93. The molecule has 0 aliphatic heterocycles. The van der Waals surface area contributed by atoms with Gasteiger partial charge in [0.25, 0.3) is 0 Å². The summed E-state index contributed by atoms with van der Waals surface area (Å²) in [6.45, 7) is 1.94. The Kier molecular flexibility index (Phi) is 4.38. The summed E-state index contributed by atoms with van der Waals surface area (Å²) in [6, 6.07) is 10.8. The van der Waals surface area contributed by atoms with E-state index in [1.54, 1.807) is 24.4 Å². The lowest BCUT2D eigenvalue weighted by molar-refractivity contribution is -0.137. The molecule has 4 rings (SSSR count). The summed E-state index contributed by atoms with van der Waals surface area (Å²) in [4.78, 5) is 16.6. The fourth-order valence-electron chi connectivity index (χ4n) is 2.83. The third-order valence-electron chi connectivity index (χ3n) is 4.18. The van der Waals surface area contributed by atoms with Crippen LogP contribution in [0.3, 0.4) is 0 Å². The van der Waals surface area contributed by atoms with Crippen molar-refractivity contribution in [1.82, 2.24) is 19.9 Å². The number of rotatable bonds is 3. The molecule has 0 spiro atoms. The largest absolute Gasteiger partial charge is 0.418 e. The average molecular weight is 381 g/mol. The normalized spacial score (nSPS) is 11.6. The quantitative estimate of drug-likeness (QED) is 0.531. The molecule has 0 atom stereocenters. The molecule has 0 saturated heterocycles. The first kappa shape index (κ1) is 17.8. The van der Waals surface area contributed by atoms with Crippen LogP contribution in [0.2, 0.25) is 0 Å². The number of nitrogens with one attached hydrogen (secondary N) is 1. The summed E-state index contributed by atoms with van der Waals surface area (Å²) < 4.78 is 39.9. The van der Waals surface area contributed by atoms with Crippen LogP contribution >= 0.6 is 0 Å². The van der Waals surface area contributed by atoms with Crippen LogP contribution in [0.15, 0.2) is 61.2 Å². The zero-order valence-corrected chi connectivity index (χ0v) is 14.7. The Labute approximate surface area is 158 Å². The van der Waals surface area contributed by atoms with Crippen molar-refractivity contribution in [2.24, 2.45) is 0 Å². The molecule has 0 saturated carbocycles. The van der Waals surface area contributed by atoms with Gasteiger partial charge in [0.1, 0.15) is 18.0 Å². The molecule has 0 unspecified atom stereocenters. The second-order valence-corrected chi connectivity index (χ2v) is 6.20. The van der Waals surface area contributed by atoms with Crippen LogP contribution in [0.4, 0.5) is 24.8 Å². The molecular weight excluding hydrogens is 367 g/mol. The molecule has 140 valence electrons. The number of hydrogen-bond donors (Lipinski definition) is 1. The first-order valence-electron chi connectivity index (χ1n) is 8.39. The summed E-state index contributed by atoms with van der Waals surface area (Å²) in [5, 5.41) is 3.78. The molecule has 0 aliphatic carbocycles. The molecule has 3 aromatic heterocycles. The number of anilines is 2. The Balaban J connectivity index is 1.77. The maximum absolute atomic E-state index is 13.3. The van der Waals surface area contributed by atoms with Gasteiger partial charge in [-0.15, -0.1) is 0 Å². The predicted molar refractivity (Wildman–Crippen MR) is 100 cm³/mol. The van der Waals surface area contributed by atoms with E-state index in [2.05, 4.69) is 25.3 Å². The van der Waals surface area contributed by atoms with Crippen LogP contribution in [0.1, 0.15) is 11.1 Å². The summed E-state index contributed by atoms with van der Waals surface area (Å²) >= 11 is 0. The highest BCUT2D eigenvalue weighted by atomic mass is 19.4. The maximum Gasteiger partial charge on any atom is 0.418 e. The third-order valence-corrected chi connectivity index (χ3v) is 4.18. The molecule has 3 heterocycles. The predicted octanol–water partition coefficient (Wildman–Crippen LogP) is 5.16. The highest BCUT2D eigenvalue weighted by Gasteiger charge is 2.34. The van der Waals surface area contributed by atoms with Gasteiger partial charge in [0, 0.05) is 23.3 Å². The van der Waals surface area contributed by atoms with Crippen molar-refractivity contribution in [1.29, 1.82) is 0 Å². The minimum absolute atomic E-state index is 0.134. The maximum atomic E-state index is 13.3. The number of halogens is 3. The van der Waals surface area contributed by atoms with E-state index in [9.17, 15) is 13.2 Å². The fraction of sp³-hybridized carbons (Fsp3) is 0.100. The van der Waals surface area contributed by atoms with E-state index in [-0.39, 0.29) is 5.69 Å². The number of benzene rings is 1. The molecule has 1 N–H and O–H groups in total. The molecule has 28 heavy (non-hydrogen) atoms. The van der Waals surface area contributed by atoms with Gasteiger partial charge in [0.05, 0.1) is 16.8 Å². The van der Waals surface area contributed by atoms with Gasteiger partial charge >= 0.3 is 6.18 Å². The van der Waals surface area contributed by atoms with Crippen molar-refractivity contribution in [2.75, 3.05) is 5.32 Å². The lowest BCUT2D eigenvalue weighted by atomic mass is 10.0. The van der Waals surface area contributed by atoms with Crippen molar-refractivity contribution in [3.63, 3.8) is 0 Å². The van der Waals surface area contributed by atoms with Gasteiger partial charge < -0.3 is 5.32 Å². The number of fused-ring (bicyclic) bond motifs is 1. The first-order valence-corrected chi connectivity index (χ1v) is 8.39. The minimum atomic E-state index is -4.49. The Morgan fingerprint density at radius 3 is 2.54 bits per heavy atom. The lowest BCUT2D eigenvalue weighted by Gasteiger charge is -2.13. The number of aryl methyl sites for hydroxylation is 1. The van der Waals surface area contributed by atoms with Crippen LogP contribution in [-0.4, -0.2) is 19.9 Å². The van der Waals surface area contributed by atoms with E-state index in [0.29, 0.717) is 28.1 Å². The summed E-state index contributed by atoms with van der Waals surface area (Å²) in [5.74, 6) is 1.13. The second kappa shape index (κ2) is 6.88. The van der Waals surface area contributed by atoms with Crippen molar-refractivity contribution in [2.45, 2.75) is 13.1 Å². The Morgan fingerprint density at radius 2 is 1.79 bits per heavy atom. The van der Waals surface area contributed by atoms with E-state index in [4.69, 9.17) is 0 Å². The van der Waals surface area contributed by atoms with Gasteiger partial charge in [-0.05, 0) is 42.8 Å². The van der Waals surface area contributed by atoms with Gasteiger partial charge in [0.2, 0.25) is 0 Å². The van der Waals surface area contributed by atoms with Gasteiger partial charge in [-0.2, -0.15) is 13.2 Å². The van der Waals surface area contributed by atoms with E-state index in [0.717, 1.165) is 11.6 Å². The summed E-state index contributed by atoms with van der Waals surface area (Å²) in [7, 11) is 0. The number of nitrogens with zero attached hydrogens (tertiary/aromatic N) is 4. The van der Waals surface area contributed by atoms with Crippen LogP contribution in [-0.2, 0) is 6.18 Å². The summed E-state index contributed by atoms with van der Waals surface area (Å²) in [5.41, 5.74) is 0.939. The van der Waals surface area contributed by atoms with E-state index >= 15 is 0 Å². The van der Waals surface area contributed by atoms with Gasteiger partial charge in [-0.25, -0.2) is 15.0 Å². The number of hydrogen-bond acceptors (Lipinski definition) is 5. The van der Waals surface area contributed by atoms with E-state index in [1.807, 2.05) is 19.1 Å². The SMILES string of the molecule is Cc1ccc(Nc2ncnc3cc(-c4ncccc4C(F)(F)F)ccc23)nc1.